The lowest BCUT2D eigenvalue weighted by atomic mass is 9.89. The summed E-state index contributed by atoms with van der Waals surface area (Å²) in [6.07, 6.45) is 5.54. The predicted octanol–water partition coefficient (Wildman–Crippen LogP) is 3.23. The summed E-state index contributed by atoms with van der Waals surface area (Å²) in [6, 6.07) is 9.43. The van der Waals surface area contributed by atoms with E-state index < -0.39 is 0 Å². The second-order valence-electron chi connectivity index (χ2n) is 7.57. The van der Waals surface area contributed by atoms with Crippen LogP contribution in [0.2, 0.25) is 0 Å². The van der Waals surface area contributed by atoms with Crippen molar-refractivity contribution in [2.45, 2.75) is 64.0 Å². The van der Waals surface area contributed by atoms with Crippen molar-refractivity contribution in [2.24, 2.45) is 5.92 Å². The normalized spacial score (nSPS) is 25.7. The zero-order valence-corrected chi connectivity index (χ0v) is 14.9. The molecule has 24 heavy (non-hydrogen) atoms. The zero-order valence-electron chi connectivity index (χ0n) is 14.9. The molecule has 132 valence electrons. The SMILES string of the molecule is CC(C)c1ccccc1OCCNC(=O)CC1CC2CCC(C1)N2. The average Bonchev–Trinajstić information content (AvgIpc) is 2.90. The largest absolute Gasteiger partial charge is 0.491 e. The van der Waals surface area contributed by atoms with Crippen LogP contribution in [0.1, 0.15) is 57.4 Å². The van der Waals surface area contributed by atoms with Crippen molar-refractivity contribution < 1.29 is 9.53 Å². The third-order valence-electron chi connectivity index (χ3n) is 5.27. The highest BCUT2D eigenvalue weighted by Gasteiger charge is 2.34. The molecule has 1 amide bonds. The van der Waals surface area contributed by atoms with E-state index in [-0.39, 0.29) is 5.91 Å². The van der Waals surface area contributed by atoms with Gasteiger partial charge in [-0.25, -0.2) is 0 Å². The summed E-state index contributed by atoms with van der Waals surface area (Å²) < 4.78 is 5.86. The lowest BCUT2D eigenvalue weighted by Gasteiger charge is -2.28. The molecular weight excluding hydrogens is 300 g/mol. The molecule has 1 aromatic rings. The maximum absolute atomic E-state index is 12.1. The zero-order chi connectivity index (χ0) is 16.9. The maximum atomic E-state index is 12.1. The minimum absolute atomic E-state index is 0.169. The van der Waals surface area contributed by atoms with E-state index in [0.29, 0.717) is 43.5 Å². The molecule has 0 saturated carbocycles. The number of piperidine rings is 1. The van der Waals surface area contributed by atoms with E-state index >= 15 is 0 Å². The Balaban J connectivity index is 1.37. The second-order valence-corrected chi connectivity index (χ2v) is 7.57. The minimum Gasteiger partial charge on any atom is -0.491 e. The molecule has 4 nitrogen and oxygen atoms in total. The van der Waals surface area contributed by atoms with Gasteiger partial charge in [-0.2, -0.15) is 0 Å². The number of amides is 1. The number of carbonyl (C=O) groups excluding carboxylic acids is 1. The number of nitrogens with one attached hydrogen (secondary N) is 2. The van der Waals surface area contributed by atoms with Crippen molar-refractivity contribution in [1.82, 2.24) is 10.6 Å². The molecule has 0 radical (unpaired) electrons. The third-order valence-corrected chi connectivity index (χ3v) is 5.27. The van der Waals surface area contributed by atoms with Gasteiger partial charge in [0.25, 0.3) is 0 Å². The standard InChI is InChI=1S/C20H30N2O2/c1-14(2)18-5-3-4-6-19(18)24-10-9-21-20(23)13-15-11-16-7-8-17(12-15)22-16/h3-6,14-17,22H,7-13H2,1-2H3,(H,21,23). The molecule has 2 atom stereocenters. The Morgan fingerprint density at radius 1 is 1.25 bits per heavy atom. The summed E-state index contributed by atoms with van der Waals surface area (Å²) in [5.41, 5.74) is 1.22. The van der Waals surface area contributed by atoms with Gasteiger partial charge in [-0.1, -0.05) is 32.0 Å². The molecule has 2 aliphatic rings. The number of benzene rings is 1. The van der Waals surface area contributed by atoms with Crippen LogP contribution in [-0.4, -0.2) is 31.1 Å². The van der Waals surface area contributed by atoms with E-state index in [1.54, 1.807) is 0 Å². The fourth-order valence-electron chi connectivity index (χ4n) is 4.12. The van der Waals surface area contributed by atoms with Crippen LogP contribution in [0.15, 0.2) is 24.3 Å². The Hall–Kier alpha value is -1.55. The number of carbonyl (C=O) groups is 1. The van der Waals surface area contributed by atoms with Gasteiger partial charge in [-0.15, -0.1) is 0 Å². The smallest absolute Gasteiger partial charge is 0.220 e. The fraction of sp³-hybridized carbons (Fsp3) is 0.650. The fourth-order valence-corrected chi connectivity index (χ4v) is 4.12. The van der Waals surface area contributed by atoms with Crippen LogP contribution in [0.25, 0.3) is 0 Å². The monoisotopic (exact) mass is 330 g/mol. The first-order chi connectivity index (χ1) is 11.6. The predicted molar refractivity (Wildman–Crippen MR) is 96.3 cm³/mol. The first-order valence-corrected chi connectivity index (χ1v) is 9.36. The van der Waals surface area contributed by atoms with Crippen molar-refractivity contribution >= 4 is 5.91 Å². The van der Waals surface area contributed by atoms with Gasteiger partial charge < -0.3 is 15.4 Å². The van der Waals surface area contributed by atoms with Crippen LogP contribution in [0, 0.1) is 5.92 Å². The van der Waals surface area contributed by atoms with Crippen LogP contribution in [0.4, 0.5) is 0 Å². The van der Waals surface area contributed by atoms with Gasteiger partial charge in [0, 0.05) is 18.5 Å². The van der Waals surface area contributed by atoms with E-state index in [1.807, 2.05) is 18.2 Å². The van der Waals surface area contributed by atoms with E-state index in [1.165, 1.54) is 18.4 Å². The lowest BCUT2D eigenvalue weighted by molar-refractivity contribution is -0.122. The van der Waals surface area contributed by atoms with Crippen LogP contribution < -0.4 is 15.4 Å². The molecule has 2 saturated heterocycles. The summed E-state index contributed by atoms with van der Waals surface area (Å²) in [5.74, 6) is 2.08. The first-order valence-electron chi connectivity index (χ1n) is 9.36. The topological polar surface area (TPSA) is 50.4 Å². The van der Waals surface area contributed by atoms with E-state index in [9.17, 15) is 4.79 Å². The molecule has 0 spiro atoms. The van der Waals surface area contributed by atoms with Gasteiger partial charge in [0.05, 0.1) is 6.54 Å². The molecule has 1 aromatic carbocycles. The third kappa shape index (κ3) is 4.50. The lowest BCUT2D eigenvalue weighted by Crippen LogP contribution is -2.40. The number of para-hydroxylation sites is 1. The molecule has 2 fully saturated rings. The molecule has 4 heteroatoms. The maximum Gasteiger partial charge on any atom is 0.220 e. The summed E-state index contributed by atoms with van der Waals surface area (Å²) in [5, 5.41) is 6.64. The Labute approximate surface area is 145 Å². The molecular formula is C20H30N2O2. The molecule has 2 N–H and O–H groups in total. The van der Waals surface area contributed by atoms with Gasteiger partial charge in [0.1, 0.15) is 12.4 Å². The van der Waals surface area contributed by atoms with Crippen LogP contribution in [-0.2, 0) is 4.79 Å². The Morgan fingerprint density at radius 3 is 2.67 bits per heavy atom. The van der Waals surface area contributed by atoms with E-state index in [0.717, 1.165) is 18.6 Å². The Bertz CT molecular complexity index is 546. The number of hydrogen-bond acceptors (Lipinski definition) is 3. The minimum atomic E-state index is 0.169. The van der Waals surface area contributed by atoms with Crippen molar-refractivity contribution in [1.29, 1.82) is 0 Å². The highest BCUT2D eigenvalue weighted by molar-refractivity contribution is 5.76. The number of hydrogen-bond donors (Lipinski definition) is 2. The number of fused-ring (bicyclic) bond motifs is 2. The van der Waals surface area contributed by atoms with Crippen molar-refractivity contribution in [3.8, 4) is 5.75 Å². The van der Waals surface area contributed by atoms with Crippen molar-refractivity contribution in [3.05, 3.63) is 29.8 Å². The summed E-state index contributed by atoms with van der Waals surface area (Å²) in [4.78, 5) is 12.1. The van der Waals surface area contributed by atoms with Crippen molar-refractivity contribution in [3.63, 3.8) is 0 Å². The van der Waals surface area contributed by atoms with Crippen LogP contribution >= 0.6 is 0 Å². The molecule has 2 bridgehead atoms. The van der Waals surface area contributed by atoms with E-state index in [4.69, 9.17) is 4.74 Å². The quantitative estimate of drug-likeness (QED) is 0.755. The van der Waals surface area contributed by atoms with Gasteiger partial charge >= 0.3 is 0 Å². The molecule has 3 rings (SSSR count). The molecule has 0 aliphatic carbocycles. The number of ether oxygens (including phenoxy) is 1. The molecule has 2 heterocycles. The van der Waals surface area contributed by atoms with Crippen molar-refractivity contribution in [2.75, 3.05) is 13.2 Å². The summed E-state index contributed by atoms with van der Waals surface area (Å²) >= 11 is 0. The first kappa shape index (κ1) is 17.3. The Kier molecular flexibility index (Phi) is 5.77. The summed E-state index contributed by atoms with van der Waals surface area (Å²) in [7, 11) is 0. The Morgan fingerprint density at radius 2 is 1.96 bits per heavy atom. The van der Waals surface area contributed by atoms with Crippen LogP contribution in [0.3, 0.4) is 0 Å². The second kappa shape index (κ2) is 8.02. The van der Waals surface area contributed by atoms with Gasteiger partial charge in [-0.05, 0) is 49.1 Å². The van der Waals surface area contributed by atoms with Gasteiger partial charge in [-0.3, -0.25) is 4.79 Å². The highest BCUT2D eigenvalue weighted by atomic mass is 16.5. The van der Waals surface area contributed by atoms with Crippen LogP contribution in [0.5, 0.6) is 5.75 Å². The molecule has 0 aromatic heterocycles. The van der Waals surface area contributed by atoms with E-state index in [2.05, 4.69) is 30.5 Å². The van der Waals surface area contributed by atoms with Gasteiger partial charge in [0.2, 0.25) is 5.91 Å². The molecule has 2 unspecified atom stereocenters. The average molecular weight is 330 g/mol. The molecule has 2 aliphatic heterocycles. The highest BCUT2D eigenvalue weighted by Crippen LogP contribution is 2.32. The number of rotatable bonds is 7. The summed E-state index contributed by atoms with van der Waals surface area (Å²) in [6.45, 7) is 5.42. The van der Waals surface area contributed by atoms with Gasteiger partial charge in [0.15, 0.2) is 0 Å².